The van der Waals surface area contributed by atoms with Crippen molar-refractivity contribution in [2.45, 2.75) is 33.2 Å². The van der Waals surface area contributed by atoms with Gasteiger partial charge in [0, 0.05) is 17.7 Å². The number of nitrogens with one attached hydrogen (secondary N) is 1. The molecule has 98 valence electrons. The molecule has 3 N–H and O–H groups in total. The fraction of sp³-hybridized carbons (Fsp3) is 0.429. The largest absolute Gasteiger partial charge is 0.373 e. The molecule has 4 nitrogen and oxygen atoms in total. The number of amides is 1. The Balaban J connectivity index is 2.79. The number of hydrogen-bond donors (Lipinski definition) is 2. The Kier molecular flexibility index (Phi) is 4.89. The zero-order valence-corrected chi connectivity index (χ0v) is 11.1. The number of ketones is 1. The average molecular weight is 248 g/mol. The fourth-order valence-corrected chi connectivity index (χ4v) is 1.70. The Hall–Kier alpha value is -1.84. The van der Waals surface area contributed by atoms with Crippen molar-refractivity contribution in [3.63, 3.8) is 0 Å². The van der Waals surface area contributed by atoms with Crippen molar-refractivity contribution in [2.75, 3.05) is 5.32 Å². The van der Waals surface area contributed by atoms with Gasteiger partial charge < -0.3 is 11.1 Å². The van der Waals surface area contributed by atoms with Crippen LogP contribution in [0.4, 0.5) is 5.69 Å². The summed E-state index contributed by atoms with van der Waals surface area (Å²) in [5, 5.41) is 3.08. The van der Waals surface area contributed by atoms with Gasteiger partial charge in [-0.25, -0.2) is 0 Å². The smallest absolute Gasteiger partial charge is 0.240 e. The first-order valence-electron chi connectivity index (χ1n) is 6.14. The minimum Gasteiger partial charge on any atom is -0.373 e. The molecule has 0 saturated carbocycles. The van der Waals surface area contributed by atoms with Crippen molar-refractivity contribution in [3.05, 3.63) is 29.8 Å². The summed E-state index contributed by atoms with van der Waals surface area (Å²) in [7, 11) is 0. The van der Waals surface area contributed by atoms with Gasteiger partial charge in [-0.3, -0.25) is 9.59 Å². The minimum absolute atomic E-state index is 0.108. The Morgan fingerprint density at radius 1 is 1.22 bits per heavy atom. The number of benzene rings is 1. The van der Waals surface area contributed by atoms with Gasteiger partial charge in [-0.05, 0) is 30.2 Å². The first kappa shape index (κ1) is 14.2. The topological polar surface area (TPSA) is 72.2 Å². The van der Waals surface area contributed by atoms with Crippen LogP contribution in [0.25, 0.3) is 0 Å². The predicted molar refractivity (Wildman–Crippen MR) is 72.5 cm³/mol. The first-order valence-corrected chi connectivity index (χ1v) is 6.14. The van der Waals surface area contributed by atoms with E-state index < -0.39 is 6.04 Å². The van der Waals surface area contributed by atoms with Gasteiger partial charge in [-0.15, -0.1) is 0 Å². The highest BCUT2D eigenvalue weighted by Crippen LogP contribution is 2.14. The quantitative estimate of drug-likeness (QED) is 0.758. The van der Waals surface area contributed by atoms with Crippen LogP contribution in [-0.2, 0) is 4.79 Å². The van der Waals surface area contributed by atoms with Crippen LogP contribution in [-0.4, -0.2) is 17.7 Å². The van der Waals surface area contributed by atoms with E-state index in [0.717, 1.165) is 5.69 Å². The van der Waals surface area contributed by atoms with E-state index in [1.165, 1.54) is 0 Å². The molecule has 0 aliphatic rings. The summed E-state index contributed by atoms with van der Waals surface area (Å²) in [6.07, 6.45) is 0.489. The molecule has 1 unspecified atom stereocenters. The van der Waals surface area contributed by atoms with Crippen LogP contribution in [0.5, 0.6) is 0 Å². The second-order valence-corrected chi connectivity index (χ2v) is 4.62. The molecule has 1 amide bonds. The molecule has 18 heavy (non-hydrogen) atoms. The maximum Gasteiger partial charge on any atom is 0.240 e. The van der Waals surface area contributed by atoms with Crippen molar-refractivity contribution in [2.24, 2.45) is 11.7 Å². The Bertz CT molecular complexity index is 424. The van der Waals surface area contributed by atoms with Gasteiger partial charge in [0.15, 0.2) is 5.78 Å². The number of rotatable bonds is 6. The highest BCUT2D eigenvalue weighted by molar-refractivity contribution is 5.96. The third-order valence-electron chi connectivity index (χ3n) is 2.82. The predicted octanol–water partition coefficient (Wildman–Crippen LogP) is 2.20. The molecule has 0 aromatic heterocycles. The molecule has 1 rings (SSSR count). The van der Waals surface area contributed by atoms with Gasteiger partial charge in [0.1, 0.15) is 6.04 Å². The molecule has 0 saturated heterocycles. The maximum absolute atomic E-state index is 11.5. The maximum atomic E-state index is 11.5. The summed E-state index contributed by atoms with van der Waals surface area (Å²) in [4.78, 5) is 22.7. The third kappa shape index (κ3) is 3.58. The lowest BCUT2D eigenvalue weighted by Crippen LogP contribution is -2.39. The molecule has 0 aliphatic heterocycles. The van der Waals surface area contributed by atoms with Crippen LogP contribution in [0.2, 0.25) is 0 Å². The van der Waals surface area contributed by atoms with Crippen molar-refractivity contribution >= 4 is 17.4 Å². The normalized spacial score (nSPS) is 12.2. The SMILES string of the molecule is CCC(=O)c1ccc(NC(C(N)=O)C(C)C)cc1. The number of carbonyl (C=O) groups is 2. The van der Waals surface area contributed by atoms with Crippen molar-refractivity contribution in [3.8, 4) is 0 Å². The molecule has 4 heteroatoms. The summed E-state index contributed by atoms with van der Waals surface area (Å²) in [6.45, 7) is 5.69. The van der Waals surface area contributed by atoms with Gasteiger partial charge in [0.2, 0.25) is 5.91 Å². The Morgan fingerprint density at radius 2 is 1.78 bits per heavy atom. The molecule has 0 heterocycles. The number of anilines is 1. The van der Waals surface area contributed by atoms with Gasteiger partial charge in [0.25, 0.3) is 0 Å². The second kappa shape index (κ2) is 6.19. The fourth-order valence-electron chi connectivity index (χ4n) is 1.70. The second-order valence-electron chi connectivity index (χ2n) is 4.62. The monoisotopic (exact) mass is 248 g/mol. The van der Waals surface area contributed by atoms with Gasteiger partial charge in [-0.2, -0.15) is 0 Å². The molecule has 1 aromatic rings. The van der Waals surface area contributed by atoms with Crippen molar-refractivity contribution in [1.29, 1.82) is 0 Å². The van der Waals surface area contributed by atoms with E-state index in [2.05, 4.69) is 5.32 Å². The van der Waals surface area contributed by atoms with E-state index in [1.807, 2.05) is 20.8 Å². The van der Waals surface area contributed by atoms with E-state index in [1.54, 1.807) is 24.3 Å². The highest BCUT2D eigenvalue weighted by Gasteiger charge is 2.18. The molecular weight excluding hydrogens is 228 g/mol. The zero-order chi connectivity index (χ0) is 13.7. The lowest BCUT2D eigenvalue weighted by atomic mass is 10.0. The van der Waals surface area contributed by atoms with Gasteiger partial charge in [-0.1, -0.05) is 20.8 Å². The van der Waals surface area contributed by atoms with Crippen LogP contribution in [0.3, 0.4) is 0 Å². The number of carbonyl (C=O) groups excluding carboxylic acids is 2. The van der Waals surface area contributed by atoms with Crippen LogP contribution in [0, 0.1) is 5.92 Å². The molecule has 0 fully saturated rings. The summed E-state index contributed by atoms with van der Waals surface area (Å²) in [5.74, 6) is -0.157. The number of Topliss-reactive ketones (excluding diaryl/α,β-unsaturated/α-hetero) is 1. The zero-order valence-electron chi connectivity index (χ0n) is 11.1. The molecule has 0 radical (unpaired) electrons. The summed E-state index contributed by atoms with van der Waals surface area (Å²) in [6, 6.07) is 6.69. The van der Waals surface area contributed by atoms with E-state index in [9.17, 15) is 9.59 Å². The first-order chi connectivity index (χ1) is 8.45. The third-order valence-corrected chi connectivity index (χ3v) is 2.82. The number of nitrogens with two attached hydrogens (primary N) is 1. The van der Waals surface area contributed by atoms with Crippen LogP contribution in [0.1, 0.15) is 37.6 Å². The van der Waals surface area contributed by atoms with Crippen LogP contribution in [0.15, 0.2) is 24.3 Å². The summed E-state index contributed by atoms with van der Waals surface area (Å²) < 4.78 is 0. The highest BCUT2D eigenvalue weighted by atomic mass is 16.1. The molecule has 0 spiro atoms. The summed E-state index contributed by atoms with van der Waals surface area (Å²) >= 11 is 0. The lowest BCUT2D eigenvalue weighted by molar-refractivity contribution is -0.119. The molecule has 1 aromatic carbocycles. The molecule has 1 atom stereocenters. The minimum atomic E-state index is -0.405. The molecule has 0 aliphatic carbocycles. The van der Waals surface area contributed by atoms with Gasteiger partial charge in [0.05, 0.1) is 0 Å². The van der Waals surface area contributed by atoms with E-state index in [-0.39, 0.29) is 17.6 Å². The number of hydrogen-bond acceptors (Lipinski definition) is 3. The van der Waals surface area contributed by atoms with E-state index in [0.29, 0.717) is 12.0 Å². The summed E-state index contributed by atoms with van der Waals surface area (Å²) in [5.41, 5.74) is 6.80. The average Bonchev–Trinajstić information content (AvgIpc) is 2.35. The Labute approximate surface area is 108 Å². The van der Waals surface area contributed by atoms with Gasteiger partial charge >= 0.3 is 0 Å². The lowest BCUT2D eigenvalue weighted by Gasteiger charge is -2.20. The standard InChI is InChI=1S/C14H20N2O2/c1-4-12(17)10-5-7-11(8-6-10)16-13(9(2)3)14(15)18/h5-9,13,16H,4H2,1-3H3,(H2,15,18). The van der Waals surface area contributed by atoms with Crippen molar-refractivity contribution < 1.29 is 9.59 Å². The Morgan fingerprint density at radius 3 is 2.17 bits per heavy atom. The number of primary amides is 1. The molecular formula is C14H20N2O2. The molecule has 0 bridgehead atoms. The van der Waals surface area contributed by atoms with Crippen molar-refractivity contribution in [1.82, 2.24) is 0 Å². The van der Waals surface area contributed by atoms with Crippen LogP contribution >= 0.6 is 0 Å². The van der Waals surface area contributed by atoms with Crippen LogP contribution < -0.4 is 11.1 Å². The van der Waals surface area contributed by atoms with E-state index in [4.69, 9.17) is 5.73 Å². The van der Waals surface area contributed by atoms with E-state index >= 15 is 0 Å².